The average Bonchev–Trinajstić information content (AvgIpc) is 2.66. The third-order valence-electron chi connectivity index (χ3n) is 4.24. The molecule has 0 atom stereocenters. The molecule has 3 aromatic carbocycles. The number of amides is 1. The Bertz CT molecular complexity index is 931. The van der Waals surface area contributed by atoms with Crippen molar-refractivity contribution in [3.63, 3.8) is 0 Å². The predicted octanol–water partition coefficient (Wildman–Crippen LogP) is 3.94. The summed E-state index contributed by atoms with van der Waals surface area (Å²) in [6.45, 7) is 0. The zero-order valence-electron chi connectivity index (χ0n) is 14.1. The van der Waals surface area contributed by atoms with Crippen LogP contribution in [0.4, 0.5) is 4.39 Å². The highest BCUT2D eigenvalue weighted by Crippen LogP contribution is 2.14. The van der Waals surface area contributed by atoms with Gasteiger partial charge in [0, 0.05) is 16.7 Å². The SMILES string of the molecule is NC(=O)c1ccc(CCc2ccc(C(=O)c3cccc(F)c3)cc2)cc1. The van der Waals surface area contributed by atoms with Crippen molar-refractivity contribution in [2.75, 3.05) is 0 Å². The Labute approximate surface area is 151 Å². The summed E-state index contributed by atoms with van der Waals surface area (Å²) in [7, 11) is 0. The van der Waals surface area contributed by atoms with Crippen LogP contribution in [0.5, 0.6) is 0 Å². The van der Waals surface area contributed by atoms with Gasteiger partial charge in [-0.25, -0.2) is 4.39 Å². The van der Waals surface area contributed by atoms with Crippen LogP contribution in [0.1, 0.15) is 37.4 Å². The third-order valence-corrected chi connectivity index (χ3v) is 4.24. The molecule has 0 aliphatic carbocycles. The Morgan fingerprint density at radius 3 is 1.77 bits per heavy atom. The molecule has 0 aliphatic heterocycles. The summed E-state index contributed by atoms with van der Waals surface area (Å²) < 4.78 is 13.3. The van der Waals surface area contributed by atoms with E-state index in [2.05, 4.69) is 0 Å². The van der Waals surface area contributed by atoms with Crippen molar-refractivity contribution in [1.82, 2.24) is 0 Å². The maximum Gasteiger partial charge on any atom is 0.248 e. The van der Waals surface area contributed by atoms with Gasteiger partial charge in [-0.15, -0.1) is 0 Å². The fraction of sp³-hybridized carbons (Fsp3) is 0.0909. The van der Waals surface area contributed by atoms with E-state index < -0.39 is 11.7 Å². The molecular formula is C22H18FNO2. The van der Waals surface area contributed by atoms with E-state index in [9.17, 15) is 14.0 Å². The van der Waals surface area contributed by atoms with Gasteiger partial charge in [0.05, 0.1) is 0 Å². The second-order valence-corrected chi connectivity index (χ2v) is 6.10. The molecule has 0 saturated carbocycles. The van der Waals surface area contributed by atoms with Crippen LogP contribution in [0, 0.1) is 5.82 Å². The zero-order chi connectivity index (χ0) is 18.5. The quantitative estimate of drug-likeness (QED) is 0.687. The first-order valence-electron chi connectivity index (χ1n) is 8.31. The fourth-order valence-electron chi connectivity index (χ4n) is 2.74. The van der Waals surface area contributed by atoms with E-state index in [-0.39, 0.29) is 5.78 Å². The van der Waals surface area contributed by atoms with Gasteiger partial charge in [-0.05, 0) is 48.2 Å². The molecule has 4 heteroatoms. The van der Waals surface area contributed by atoms with Crippen LogP contribution in [0.3, 0.4) is 0 Å². The maximum absolute atomic E-state index is 13.3. The van der Waals surface area contributed by atoms with E-state index in [1.807, 2.05) is 24.3 Å². The first-order chi connectivity index (χ1) is 12.5. The molecule has 0 fully saturated rings. The topological polar surface area (TPSA) is 60.2 Å². The third kappa shape index (κ3) is 4.22. The second kappa shape index (κ2) is 7.74. The van der Waals surface area contributed by atoms with Gasteiger partial charge in [0.1, 0.15) is 5.82 Å². The van der Waals surface area contributed by atoms with Gasteiger partial charge in [-0.1, -0.05) is 48.5 Å². The lowest BCUT2D eigenvalue weighted by molar-refractivity contribution is 0.0998. The molecule has 1 amide bonds. The van der Waals surface area contributed by atoms with Gasteiger partial charge >= 0.3 is 0 Å². The molecule has 3 rings (SSSR count). The molecule has 26 heavy (non-hydrogen) atoms. The van der Waals surface area contributed by atoms with Crippen LogP contribution in [-0.4, -0.2) is 11.7 Å². The highest BCUT2D eigenvalue weighted by Gasteiger charge is 2.09. The molecule has 0 bridgehead atoms. The van der Waals surface area contributed by atoms with Crippen molar-refractivity contribution in [3.05, 3.63) is 106 Å². The minimum Gasteiger partial charge on any atom is -0.366 e. The lowest BCUT2D eigenvalue weighted by Crippen LogP contribution is -2.10. The smallest absolute Gasteiger partial charge is 0.248 e. The van der Waals surface area contributed by atoms with Gasteiger partial charge in [0.25, 0.3) is 0 Å². The lowest BCUT2D eigenvalue weighted by atomic mass is 9.99. The van der Waals surface area contributed by atoms with Crippen LogP contribution in [0.2, 0.25) is 0 Å². The summed E-state index contributed by atoms with van der Waals surface area (Å²) in [4.78, 5) is 23.4. The maximum atomic E-state index is 13.3. The van der Waals surface area contributed by atoms with Gasteiger partial charge in [-0.3, -0.25) is 9.59 Å². The molecule has 0 spiro atoms. The summed E-state index contributed by atoms with van der Waals surface area (Å²) in [6.07, 6.45) is 1.63. The number of primary amides is 1. The Morgan fingerprint density at radius 1 is 0.731 bits per heavy atom. The molecular weight excluding hydrogens is 329 g/mol. The Hall–Kier alpha value is -3.27. The molecule has 3 nitrogen and oxygen atoms in total. The van der Waals surface area contributed by atoms with Crippen molar-refractivity contribution in [3.8, 4) is 0 Å². The van der Waals surface area contributed by atoms with Gasteiger partial charge in [0.2, 0.25) is 5.91 Å². The lowest BCUT2D eigenvalue weighted by Gasteiger charge is -2.05. The monoisotopic (exact) mass is 347 g/mol. The highest BCUT2D eigenvalue weighted by atomic mass is 19.1. The molecule has 0 aromatic heterocycles. The summed E-state index contributed by atoms with van der Waals surface area (Å²) in [5.41, 5.74) is 8.80. The minimum atomic E-state index is -0.435. The number of halogens is 1. The van der Waals surface area contributed by atoms with Gasteiger partial charge < -0.3 is 5.73 Å². The molecule has 3 aromatic rings. The number of nitrogens with two attached hydrogens (primary N) is 1. The number of benzene rings is 3. The highest BCUT2D eigenvalue weighted by molar-refractivity contribution is 6.08. The Morgan fingerprint density at radius 2 is 1.27 bits per heavy atom. The van der Waals surface area contributed by atoms with Crippen LogP contribution in [-0.2, 0) is 12.8 Å². The summed E-state index contributed by atoms with van der Waals surface area (Å²) >= 11 is 0. The number of carbonyl (C=O) groups excluding carboxylic acids is 2. The normalized spacial score (nSPS) is 10.5. The van der Waals surface area contributed by atoms with Crippen molar-refractivity contribution in [2.45, 2.75) is 12.8 Å². The molecule has 0 saturated heterocycles. The second-order valence-electron chi connectivity index (χ2n) is 6.10. The van der Waals surface area contributed by atoms with Crippen molar-refractivity contribution >= 4 is 11.7 Å². The molecule has 0 radical (unpaired) electrons. The number of carbonyl (C=O) groups is 2. The molecule has 0 heterocycles. The summed E-state index contributed by atoms with van der Waals surface area (Å²) in [6, 6.07) is 20.3. The standard InChI is InChI=1S/C22H18FNO2/c23-20-3-1-2-19(14-20)21(25)17-10-6-15(7-11-17)4-5-16-8-12-18(13-9-16)22(24)26/h1-3,6-14H,4-5H2,(H2,24,26). The number of aryl methyl sites for hydroxylation is 2. The molecule has 130 valence electrons. The van der Waals surface area contributed by atoms with Crippen molar-refractivity contribution in [1.29, 1.82) is 0 Å². The van der Waals surface area contributed by atoms with Gasteiger partial charge in [0.15, 0.2) is 5.78 Å². The van der Waals surface area contributed by atoms with Crippen LogP contribution in [0.15, 0.2) is 72.8 Å². The van der Waals surface area contributed by atoms with Crippen molar-refractivity contribution in [2.24, 2.45) is 5.73 Å². The summed E-state index contributed by atoms with van der Waals surface area (Å²) in [5.74, 6) is -1.05. The Kier molecular flexibility index (Phi) is 5.23. The number of rotatable bonds is 6. The number of hydrogen-bond donors (Lipinski definition) is 1. The van der Waals surface area contributed by atoms with E-state index in [0.717, 1.165) is 24.0 Å². The zero-order valence-corrected chi connectivity index (χ0v) is 14.1. The predicted molar refractivity (Wildman–Crippen MR) is 98.6 cm³/mol. The first-order valence-corrected chi connectivity index (χ1v) is 8.31. The number of hydrogen-bond acceptors (Lipinski definition) is 2. The van der Waals surface area contributed by atoms with Gasteiger partial charge in [-0.2, -0.15) is 0 Å². The van der Waals surface area contributed by atoms with Crippen LogP contribution < -0.4 is 5.73 Å². The van der Waals surface area contributed by atoms with E-state index in [1.165, 1.54) is 18.2 Å². The molecule has 0 unspecified atom stereocenters. The van der Waals surface area contributed by atoms with Crippen LogP contribution in [0.25, 0.3) is 0 Å². The summed E-state index contributed by atoms with van der Waals surface area (Å²) in [5, 5.41) is 0. The van der Waals surface area contributed by atoms with E-state index >= 15 is 0 Å². The van der Waals surface area contributed by atoms with Crippen LogP contribution >= 0.6 is 0 Å². The largest absolute Gasteiger partial charge is 0.366 e. The Balaban J connectivity index is 1.64. The molecule has 2 N–H and O–H groups in total. The van der Waals surface area contributed by atoms with Crippen molar-refractivity contribution < 1.29 is 14.0 Å². The first kappa shape index (κ1) is 17.5. The van der Waals surface area contributed by atoms with E-state index in [1.54, 1.807) is 30.3 Å². The number of ketones is 1. The van der Waals surface area contributed by atoms with E-state index in [4.69, 9.17) is 5.73 Å². The fourth-order valence-corrected chi connectivity index (χ4v) is 2.74. The average molecular weight is 347 g/mol. The molecule has 0 aliphatic rings. The van der Waals surface area contributed by atoms with E-state index in [0.29, 0.717) is 16.7 Å². The minimum absolute atomic E-state index is 0.196.